The molecule has 0 bridgehead atoms. The molecule has 32 heavy (non-hydrogen) atoms. The zero-order valence-corrected chi connectivity index (χ0v) is 18.6. The third-order valence-electron chi connectivity index (χ3n) is 4.74. The van der Waals surface area contributed by atoms with Crippen molar-refractivity contribution in [1.82, 2.24) is 10.6 Å². The fourth-order valence-corrected chi connectivity index (χ4v) is 3.66. The summed E-state index contributed by atoms with van der Waals surface area (Å²) in [5.41, 5.74) is 0.641. The Hall–Kier alpha value is -3.50. The Labute approximate surface area is 192 Å². The molecule has 1 unspecified atom stereocenters. The summed E-state index contributed by atoms with van der Waals surface area (Å²) in [5.74, 6) is 0.0163. The molecular formula is C20H18Cl2N4O6. The van der Waals surface area contributed by atoms with Crippen LogP contribution in [-0.2, 0) is 4.79 Å². The molecule has 3 N–H and O–H groups in total. The monoisotopic (exact) mass is 480 g/mol. The van der Waals surface area contributed by atoms with Crippen LogP contribution in [0.1, 0.15) is 18.5 Å². The van der Waals surface area contributed by atoms with Crippen molar-refractivity contribution in [3.8, 4) is 11.5 Å². The first-order valence-corrected chi connectivity index (χ1v) is 9.86. The number of amides is 3. The van der Waals surface area contributed by atoms with Gasteiger partial charge in [0.2, 0.25) is 0 Å². The maximum atomic E-state index is 13.3. The lowest BCUT2D eigenvalue weighted by molar-refractivity contribution is -0.384. The Balaban J connectivity index is 2.03. The molecule has 0 aromatic heterocycles. The highest BCUT2D eigenvalue weighted by Gasteiger charge is 2.33. The van der Waals surface area contributed by atoms with Gasteiger partial charge in [0.25, 0.3) is 11.6 Å². The lowest BCUT2D eigenvalue weighted by Gasteiger charge is -2.28. The van der Waals surface area contributed by atoms with Crippen molar-refractivity contribution in [3.63, 3.8) is 0 Å². The third-order valence-corrected chi connectivity index (χ3v) is 5.35. The van der Waals surface area contributed by atoms with Crippen molar-refractivity contribution in [2.45, 2.75) is 13.0 Å². The molecule has 0 radical (unpaired) electrons. The van der Waals surface area contributed by atoms with Crippen LogP contribution in [0.2, 0.25) is 10.0 Å². The summed E-state index contributed by atoms with van der Waals surface area (Å²) in [6.45, 7) is 1.55. The Bertz CT molecular complexity index is 1150. The largest absolute Gasteiger partial charge is 0.495 e. The molecule has 0 saturated carbocycles. The Morgan fingerprint density at radius 1 is 1.12 bits per heavy atom. The van der Waals surface area contributed by atoms with E-state index >= 15 is 0 Å². The van der Waals surface area contributed by atoms with Crippen molar-refractivity contribution in [1.29, 1.82) is 0 Å². The van der Waals surface area contributed by atoms with Crippen LogP contribution >= 0.6 is 23.2 Å². The van der Waals surface area contributed by atoms with Crippen molar-refractivity contribution in [3.05, 3.63) is 67.3 Å². The number of carbonyl (C=O) groups is 2. The van der Waals surface area contributed by atoms with Gasteiger partial charge in [0.1, 0.15) is 16.5 Å². The summed E-state index contributed by atoms with van der Waals surface area (Å²) in [4.78, 5) is 36.0. The van der Waals surface area contributed by atoms with Crippen molar-refractivity contribution < 1.29 is 24.0 Å². The van der Waals surface area contributed by atoms with Gasteiger partial charge in [0.15, 0.2) is 0 Å². The van der Waals surface area contributed by atoms with Crippen LogP contribution in [0, 0.1) is 10.1 Å². The number of benzene rings is 2. The van der Waals surface area contributed by atoms with Gasteiger partial charge in [-0.15, -0.1) is 0 Å². The number of hydrogen-bond acceptors (Lipinski definition) is 6. The number of halogens is 2. The molecule has 0 aliphatic carbocycles. The predicted molar refractivity (Wildman–Crippen MR) is 118 cm³/mol. The second-order valence-corrected chi connectivity index (χ2v) is 7.49. The Morgan fingerprint density at radius 3 is 2.44 bits per heavy atom. The third kappa shape index (κ3) is 4.56. The minimum Gasteiger partial charge on any atom is -0.495 e. The predicted octanol–water partition coefficient (Wildman–Crippen LogP) is 4.19. The number of allylic oxidation sites excluding steroid dienone is 1. The average Bonchev–Trinajstić information content (AvgIpc) is 2.74. The first-order chi connectivity index (χ1) is 15.2. The SMILES string of the molecule is COc1cc(NC(=O)C2=C(C)NC(=O)NC2c2ccc(Cl)c([N+](=O)[O-])c2)c(OC)cc1Cl. The van der Waals surface area contributed by atoms with E-state index in [1.54, 1.807) is 6.92 Å². The van der Waals surface area contributed by atoms with Crippen LogP contribution in [-0.4, -0.2) is 31.1 Å². The van der Waals surface area contributed by atoms with Gasteiger partial charge in [-0.25, -0.2) is 4.79 Å². The number of nitrogens with zero attached hydrogens (tertiary/aromatic N) is 1. The maximum absolute atomic E-state index is 13.3. The zero-order chi connectivity index (χ0) is 23.6. The van der Waals surface area contributed by atoms with E-state index in [4.69, 9.17) is 32.7 Å². The number of nitrogens with one attached hydrogen (secondary N) is 3. The highest BCUT2D eigenvalue weighted by Crippen LogP contribution is 2.37. The van der Waals surface area contributed by atoms with Gasteiger partial charge in [0.05, 0.1) is 41.5 Å². The van der Waals surface area contributed by atoms with E-state index in [0.29, 0.717) is 11.3 Å². The fraction of sp³-hybridized carbons (Fsp3) is 0.200. The van der Waals surface area contributed by atoms with Gasteiger partial charge in [-0.2, -0.15) is 0 Å². The Kier molecular flexibility index (Phi) is 6.75. The topological polar surface area (TPSA) is 132 Å². The van der Waals surface area contributed by atoms with Gasteiger partial charge in [-0.3, -0.25) is 14.9 Å². The number of rotatable bonds is 6. The smallest absolute Gasteiger partial charge is 0.319 e. The number of nitro benzene ring substituents is 1. The average molecular weight is 481 g/mol. The minimum absolute atomic E-state index is 0.0660. The Morgan fingerprint density at radius 2 is 1.81 bits per heavy atom. The van der Waals surface area contributed by atoms with Gasteiger partial charge in [-0.1, -0.05) is 29.3 Å². The van der Waals surface area contributed by atoms with E-state index in [0.717, 1.165) is 0 Å². The lowest BCUT2D eigenvalue weighted by Crippen LogP contribution is -2.46. The molecule has 12 heteroatoms. The summed E-state index contributed by atoms with van der Waals surface area (Å²) in [5, 5.41) is 19.4. The summed E-state index contributed by atoms with van der Waals surface area (Å²) >= 11 is 12.0. The van der Waals surface area contributed by atoms with Crippen LogP contribution in [0.15, 0.2) is 41.6 Å². The summed E-state index contributed by atoms with van der Waals surface area (Å²) in [6.07, 6.45) is 0. The zero-order valence-electron chi connectivity index (χ0n) is 17.1. The van der Waals surface area contributed by atoms with Crippen molar-refractivity contribution in [2.24, 2.45) is 0 Å². The molecule has 1 atom stereocenters. The quantitative estimate of drug-likeness (QED) is 0.419. The molecule has 3 amide bonds. The van der Waals surface area contributed by atoms with E-state index in [2.05, 4.69) is 16.0 Å². The van der Waals surface area contributed by atoms with Crippen molar-refractivity contribution in [2.75, 3.05) is 19.5 Å². The first-order valence-electron chi connectivity index (χ1n) is 9.11. The maximum Gasteiger partial charge on any atom is 0.319 e. The summed E-state index contributed by atoms with van der Waals surface area (Å²) in [7, 11) is 2.84. The van der Waals surface area contributed by atoms with Gasteiger partial charge in [0, 0.05) is 23.9 Å². The fourth-order valence-electron chi connectivity index (χ4n) is 3.24. The van der Waals surface area contributed by atoms with E-state index < -0.39 is 22.9 Å². The molecular weight excluding hydrogens is 463 g/mol. The van der Waals surface area contributed by atoms with Gasteiger partial charge in [-0.05, 0) is 18.6 Å². The van der Waals surface area contributed by atoms with Crippen LogP contribution < -0.4 is 25.4 Å². The molecule has 1 aliphatic heterocycles. The second kappa shape index (κ2) is 9.33. The first kappa shape index (κ1) is 23.2. The molecule has 10 nitrogen and oxygen atoms in total. The number of methoxy groups -OCH3 is 2. The lowest BCUT2D eigenvalue weighted by atomic mass is 9.94. The molecule has 1 heterocycles. The molecule has 2 aromatic rings. The highest BCUT2D eigenvalue weighted by molar-refractivity contribution is 6.33. The van der Waals surface area contributed by atoms with Crippen LogP contribution in [0.25, 0.3) is 0 Å². The standard InChI is InChI=1S/C20H18Cl2N4O6/c1-9-17(19(27)24-13-8-15(31-2)12(22)7-16(13)32-3)18(25-20(28)23-9)10-4-5-11(21)14(6-10)26(29)30/h4-8,18H,1-3H3,(H,24,27)(H2,23,25,28). The van der Waals surface area contributed by atoms with Crippen molar-refractivity contribution >= 4 is 46.5 Å². The summed E-state index contributed by atoms with van der Waals surface area (Å²) < 4.78 is 10.5. The van der Waals surface area contributed by atoms with Crippen LogP contribution in [0.3, 0.4) is 0 Å². The normalized spacial score (nSPS) is 15.5. The molecule has 168 valence electrons. The molecule has 2 aromatic carbocycles. The van der Waals surface area contributed by atoms with Crippen LogP contribution in [0.5, 0.6) is 11.5 Å². The van der Waals surface area contributed by atoms with Crippen LogP contribution in [0.4, 0.5) is 16.2 Å². The number of hydrogen-bond donors (Lipinski definition) is 3. The van der Waals surface area contributed by atoms with E-state index in [9.17, 15) is 19.7 Å². The second-order valence-electron chi connectivity index (χ2n) is 6.68. The highest BCUT2D eigenvalue weighted by atomic mass is 35.5. The number of anilines is 1. The molecule has 1 aliphatic rings. The van der Waals surface area contributed by atoms with E-state index in [1.165, 1.54) is 44.6 Å². The number of carbonyl (C=O) groups excluding carboxylic acids is 2. The molecule has 3 rings (SSSR count). The van der Waals surface area contributed by atoms with E-state index in [1.807, 2.05) is 0 Å². The molecule has 0 fully saturated rings. The molecule has 0 saturated heterocycles. The number of nitro groups is 1. The van der Waals surface area contributed by atoms with Gasteiger partial charge >= 0.3 is 6.03 Å². The number of ether oxygens (including phenoxy) is 2. The summed E-state index contributed by atoms with van der Waals surface area (Å²) in [6, 6.07) is 5.49. The minimum atomic E-state index is -0.972. The number of urea groups is 1. The van der Waals surface area contributed by atoms with Gasteiger partial charge < -0.3 is 25.4 Å². The van der Waals surface area contributed by atoms with E-state index in [-0.39, 0.29) is 38.4 Å². The molecule has 0 spiro atoms.